The Morgan fingerprint density at radius 1 is 1.53 bits per heavy atom. The van der Waals surface area contributed by atoms with E-state index in [1.54, 1.807) is 13.3 Å². The molecule has 1 aromatic rings. The van der Waals surface area contributed by atoms with E-state index in [1.807, 2.05) is 6.07 Å². The van der Waals surface area contributed by atoms with Crippen molar-refractivity contribution < 1.29 is 4.74 Å². The third kappa shape index (κ3) is 3.19. The van der Waals surface area contributed by atoms with E-state index in [9.17, 15) is 0 Å². The molecule has 1 aliphatic carbocycles. The lowest BCUT2D eigenvalue weighted by atomic mass is 9.92. The smallest absolute Gasteiger partial charge is 0.217 e. The molecule has 0 radical (unpaired) electrons. The monoisotopic (exact) mass is 234 g/mol. The van der Waals surface area contributed by atoms with Gasteiger partial charge in [0.1, 0.15) is 0 Å². The SMILES string of the molecule is COc1ncccc1CNC1CCC(C)(C)C1. The molecule has 1 saturated carbocycles. The fourth-order valence-corrected chi connectivity index (χ4v) is 2.61. The first-order valence-electron chi connectivity index (χ1n) is 6.32. The highest BCUT2D eigenvalue weighted by atomic mass is 16.5. The molecule has 1 fully saturated rings. The van der Waals surface area contributed by atoms with E-state index in [4.69, 9.17) is 4.74 Å². The summed E-state index contributed by atoms with van der Waals surface area (Å²) in [5.74, 6) is 0.734. The van der Waals surface area contributed by atoms with E-state index in [-0.39, 0.29) is 0 Å². The Balaban J connectivity index is 1.90. The molecule has 1 unspecified atom stereocenters. The summed E-state index contributed by atoms with van der Waals surface area (Å²) in [6.45, 7) is 5.54. The molecule has 1 aliphatic rings. The van der Waals surface area contributed by atoms with Crippen LogP contribution < -0.4 is 10.1 Å². The van der Waals surface area contributed by atoms with Crippen LogP contribution in [0.2, 0.25) is 0 Å². The highest BCUT2D eigenvalue weighted by molar-refractivity contribution is 5.25. The van der Waals surface area contributed by atoms with Crippen LogP contribution in [-0.2, 0) is 6.54 Å². The van der Waals surface area contributed by atoms with Gasteiger partial charge in [0, 0.05) is 24.3 Å². The summed E-state index contributed by atoms with van der Waals surface area (Å²) >= 11 is 0. The van der Waals surface area contributed by atoms with Gasteiger partial charge in [-0.3, -0.25) is 0 Å². The zero-order valence-electron chi connectivity index (χ0n) is 11.0. The second kappa shape index (κ2) is 5.05. The van der Waals surface area contributed by atoms with Crippen molar-refractivity contribution in [2.75, 3.05) is 7.11 Å². The van der Waals surface area contributed by atoms with Crippen LogP contribution >= 0.6 is 0 Å². The van der Waals surface area contributed by atoms with Crippen molar-refractivity contribution in [1.82, 2.24) is 10.3 Å². The van der Waals surface area contributed by atoms with Crippen molar-refractivity contribution in [1.29, 1.82) is 0 Å². The number of ether oxygens (including phenoxy) is 1. The summed E-state index contributed by atoms with van der Waals surface area (Å²) in [7, 11) is 1.67. The maximum atomic E-state index is 5.25. The van der Waals surface area contributed by atoms with Gasteiger partial charge in [-0.15, -0.1) is 0 Å². The summed E-state index contributed by atoms with van der Waals surface area (Å²) in [6.07, 6.45) is 5.61. The molecule has 0 amide bonds. The van der Waals surface area contributed by atoms with E-state index >= 15 is 0 Å². The number of hydrogen-bond acceptors (Lipinski definition) is 3. The maximum Gasteiger partial charge on any atom is 0.217 e. The van der Waals surface area contributed by atoms with Crippen molar-refractivity contribution >= 4 is 0 Å². The second-order valence-corrected chi connectivity index (χ2v) is 5.66. The number of nitrogens with zero attached hydrogens (tertiary/aromatic N) is 1. The average molecular weight is 234 g/mol. The maximum absolute atomic E-state index is 5.25. The number of methoxy groups -OCH3 is 1. The molecule has 3 heteroatoms. The van der Waals surface area contributed by atoms with Crippen molar-refractivity contribution in [3.63, 3.8) is 0 Å². The van der Waals surface area contributed by atoms with Crippen molar-refractivity contribution in [3.05, 3.63) is 23.9 Å². The Morgan fingerprint density at radius 2 is 2.35 bits per heavy atom. The van der Waals surface area contributed by atoms with Gasteiger partial charge in [0.15, 0.2) is 0 Å². The summed E-state index contributed by atoms with van der Waals surface area (Å²) in [5.41, 5.74) is 1.64. The summed E-state index contributed by atoms with van der Waals surface area (Å²) in [5, 5.41) is 3.61. The van der Waals surface area contributed by atoms with Gasteiger partial charge in [-0.1, -0.05) is 19.9 Å². The van der Waals surface area contributed by atoms with Crippen LogP contribution in [0.1, 0.15) is 38.7 Å². The van der Waals surface area contributed by atoms with Crippen molar-refractivity contribution in [2.24, 2.45) is 5.41 Å². The van der Waals surface area contributed by atoms with E-state index in [0.29, 0.717) is 11.5 Å². The fourth-order valence-electron chi connectivity index (χ4n) is 2.61. The van der Waals surface area contributed by atoms with E-state index < -0.39 is 0 Å². The van der Waals surface area contributed by atoms with Gasteiger partial charge in [0.05, 0.1) is 7.11 Å². The van der Waals surface area contributed by atoms with Crippen LogP contribution in [0, 0.1) is 5.41 Å². The fraction of sp³-hybridized carbons (Fsp3) is 0.643. The molecular formula is C14H22N2O. The predicted octanol–water partition coefficient (Wildman–Crippen LogP) is 2.76. The topological polar surface area (TPSA) is 34.1 Å². The van der Waals surface area contributed by atoms with Crippen LogP contribution in [-0.4, -0.2) is 18.1 Å². The average Bonchev–Trinajstić information content (AvgIpc) is 2.67. The minimum Gasteiger partial charge on any atom is -0.481 e. The second-order valence-electron chi connectivity index (χ2n) is 5.66. The van der Waals surface area contributed by atoms with Crippen LogP contribution in [0.3, 0.4) is 0 Å². The molecule has 17 heavy (non-hydrogen) atoms. The van der Waals surface area contributed by atoms with E-state index in [0.717, 1.165) is 18.0 Å². The number of rotatable bonds is 4. The molecule has 1 N–H and O–H groups in total. The third-order valence-electron chi connectivity index (χ3n) is 3.59. The van der Waals surface area contributed by atoms with Crippen LogP contribution in [0.5, 0.6) is 5.88 Å². The summed E-state index contributed by atoms with van der Waals surface area (Å²) in [6, 6.07) is 4.66. The molecule has 2 rings (SSSR count). The molecule has 1 aromatic heterocycles. The first-order chi connectivity index (χ1) is 8.11. The van der Waals surface area contributed by atoms with Crippen molar-refractivity contribution in [3.8, 4) is 5.88 Å². The van der Waals surface area contributed by atoms with Gasteiger partial charge in [0.2, 0.25) is 5.88 Å². The Morgan fingerprint density at radius 3 is 3.00 bits per heavy atom. The molecule has 94 valence electrons. The van der Waals surface area contributed by atoms with Gasteiger partial charge >= 0.3 is 0 Å². The lowest BCUT2D eigenvalue weighted by Crippen LogP contribution is -2.27. The Bertz CT molecular complexity index is 376. The van der Waals surface area contributed by atoms with Crippen LogP contribution in [0.4, 0.5) is 0 Å². The number of nitrogens with one attached hydrogen (secondary N) is 1. The minimum atomic E-state index is 0.497. The largest absolute Gasteiger partial charge is 0.481 e. The normalized spacial score (nSPS) is 22.6. The third-order valence-corrected chi connectivity index (χ3v) is 3.59. The molecule has 0 spiro atoms. The quantitative estimate of drug-likeness (QED) is 0.870. The molecule has 1 atom stereocenters. The molecule has 1 heterocycles. The molecule has 3 nitrogen and oxygen atoms in total. The first-order valence-corrected chi connectivity index (χ1v) is 6.32. The predicted molar refractivity (Wildman–Crippen MR) is 69.0 cm³/mol. The first kappa shape index (κ1) is 12.4. The highest BCUT2D eigenvalue weighted by Crippen LogP contribution is 2.37. The number of hydrogen-bond donors (Lipinski definition) is 1. The lowest BCUT2D eigenvalue weighted by molar-refractivity contribution is 0.361. The standard InChI is InChI=1S/C14H22N2O/c1-14(2)7-6-12(9-14)16-10-11-5-4-8-15-13(11)17-3/h4-5,8,12,16H,6-7,9-10H2,1-3H3. The Labute approximate surface area is 104 Å². The van der Waals surface area contributed by atoms with Gasteiger partial charge in [-0.05, 0) is 30.7 Å². The van der Waals surface area contributed by atoms with E-state index in [2.05, 4.69) is 30.2 Å². The van der Waals surface area contributed by atoms with Gasteiger partial charge < -0.3 is 10.1 Å². The number of aromatic nitrogens is 1. The molecule has 0 aliphatic heterocycles. The van der Waals surface area contributed by atoms with Gasteiger partial charge in [0.25, 0.3) is 0 Å². The lowest BCUT2D eigenvalue weighted by Gasteiger charge is -2.18. The summed E-state index contributed by atoms with van der Waals surface area (Å²) in [4.78, 5) is 4.21. The van der Waals surface area contributed by atoms with Crippen LogP contribution in [0.25, 0.3) is 0 Å². The number of pyridine rings is 1. The molecule has 0 aromatic carbocycles. The Hall–Kier alpha value is -1.09. The zero-order valence-corrected chi connectivity index (χ0v) is 11.0. The molecule has 0 bridgehead atoms. The molecule has 0 saturated heterocycles. The van der Waals surface area contributed by atoms with Crippen molar-refractivity contribution in [2.45, 2.75) is 45.7 Å². The van der Waals surface area contributed by atoms with Gasteiger partial charge in [-0.2, -0.15) is 0 Å². The molecular weight excluding hydrogens is 212 g/mol. The summed E-state index contributed by atoms with van der Waals surface area (Å²) < 4.78 is 5.25. The van der Waals surface area contributed by atoms with E-state index in [1.165, 1.54) is 19.3 Å². The van der Waals surface area contributed by atoms with Gasteiger partial charge in [-0.25, -0.2) is 4.98 Å². The minimum absolute atomic E-state index is 0.497. The highest BCUT2D eigenvalue weighted by Gasteiger charge is 2.30. The Kier molecular flexibility index (Phi) is 3.67. The zero-order chi connectivity index (χ0) is 12.3. The van der Waals surface area contributed by atoms with Crippen LogP contribution in [0.15, 0.2) is 18.3 Å².